The van der Waals surface area contributed by atoms with Gasteiger partial charge in [-0.3, -0.25) is 47.9 Å². The van der Waals surface area contributed by atoms with Crippen LogP contribution in [0.1, 0.15) is 58.8 Å². The minimum atomic E-state index is -4.26. The number of carbonyl (C=O) groups excluding carboxylic acids is 10. The average molecular weight is 1340 g/mol. The lowest BCUT2D eigenvalue weighted by Crippen LogP contribution is -2.62. The molecule has 10 amide bonds. The Hall–Kier alpha value is -8.74. The number of carbonyl (C=O) groups is 10. The van der Waals surface area contributed by atoms with Crippen molar-refractivity contribution in [2.24, 2.45) is 11.5 Å². The minimum Gasteiger partial charge on any atom is -0.508 e. The van der Waals surface area contributed by atoms with Crippen LogP contribution in [0, 0.1) is 0 Å². The van der Waals surface area contributed by atoms with Crippen LogP contribution in [0.3, 0.4) is 0 Å². The summed E-state index contributed by atoms with van der Waals surface area (Å²) in [5.74, 6) is -12.0. The molecule has 0 unspecified atom stereocenters. The summed E-state index contributed by atoms with van der Waals surface area (Å²) in [4.78, 5) is 142. The predicted octanol–water partition coefficient (Wildman–Crippen LogP) is 0.124. The Bertz CT molecular complexity index is 3500. The fraction of sp³-hybridized carbons (Fsp3) is 0.355. The largest absolute Gasteiger partial charge is 0.508 e. The number of benzene rings is 5. The maximum Gasteiger partial charge on any atom is 0.248 e. The number of halogens is 1. The molecular formula is C62H74ClN11O15S3. The summed E-state index contributed by atoms with van der Waals surface area (Å²) in [6.07, 6.45) is -2.01. The molecular weight excluding hydrogens is 1270 g/mol. The molecule has 0 spiro atoms. The third kappa shape index (κ3) is 22.9. The lowest BCUT2D eigenvalue weighted by Gasteiger charge is -2.29. The van der Waals surface area contributed by atoms with Crippen molar-refractivity contribution in [3.8, 4) is 11.5 Å². The van der Waals surface area contributed by atoms with E-state index in [1.54, 1.807) is 25.2 Å². The molecule has 30 heteroatoms. The van der Waals surface area contributed by atoms with Crippen LogP contribution in [0.15, 0.2) is 132 Å². The number of nitrogens with one attached hydrogen (secondary N) is 9. The van der Waals surface area contributed by atoms with E-state index in [4.69, 9.17) is 23.1 Å². The molecule has 492 valence electrons. The van der Waals surface area contributed by atoms with Gasteiger partial charge in [0.15, 0.2) is 9.84 Å². The minimum absolute atomic E-state index is 0.0561. The Kier molecular flexibility index (Phi) is 27.7. The molecule has 0 radical (unpaired) electrons. The first kappa shape index (κ1) is 72.3. The van der Waals surface area contributed by atoms with Crippen molar-refractivity contribution >= 4 is 102 Å². The van der Waals surface area contributed by atoms with Gasteiger partial charge in [-0.1, -0.05) is 99.9 Å². The molecule has 0 aliphatic carbocycles. The normalized spacial score (nSPS) is 19.8. The van der Waals surface area contributed by atoms with Gasteiger partial charge in [-0.05, 0) is 123 Å². The summed E-state index contributed by atoms with van der Waals surface area (Å²) in [7, 11) is -0.836. The molecule has 1 saturated heterocycles. The fourth-order valence-electron chi connectivity index (χ4n) is 9.40. The summed E-state index contributed by atoms with van der Waals surface area (Å²) in [6, 6.07) is 17.4. The molecule has 6 rings (SSSR count). The molecule has 5 aromatic rings. The van der Waals surface area contributed by atoms with Gasteiger partial charge in [-0.25, -0.2) is 8.42 Å². The van der Waals surface area contributed by atoms with Crippen molar-refractivity contribution in [1.29, 1.82) is 0 Å². The van der Waals surface area contributed by atoms with Crippen molar-refractivity contribution in [1.82, 2.24) is 47.9 Å². The number of aliphatic hydroxyl groups excluding tert-OH is 1. The number of aromatic hydroxyl groups is 2. The lowest BCUT2D eigenvalue weighted by molar-refractivity contribution is -0.136. The van der Waals surface area contributed by atoms with E-state index in [-0.39, 0.29) is 54.1 Å². The third-order valence-corrected chi connectivity index (χ3v) is 18.8. The van der Waals surface area contributed by atoms with Gasteiger partial charge in [0.25, 0.3) is 0 Å². The number of rotatable bonds is 24. The quantitative estimate of drug-likeness (QED) is 0.0288. The van der Waals surface area contributed by atoms with Crippen LogP contribution in [-0.4, -0.2) is 168 Å². The molecule has 26 nitrogen and oxygen atoms in total. The molecule has 1 heterocycles. The van der Waals surface area contributed by atoms with Gasteiger partial charge in [0, 0.05) is 47.8 Å². The summed E-state index contributed by atoms with van der Waals surface area (Å²) >= 11 is 6.18. The van der Waals surface area contributed by atoms with E-state index in [9.17, 15) is 62.1 Å². The Labute approximate surface area is 544 Å². The van der Waals surface area contributed by atoms with Gasteiger partial charge in [0.2, 0.25) is 59.1 Å². The zero-order chi connectivity index (χ0) is 67.1. The van der Waals surface area contributed by atoms with Crippen molar-refractivity contribution < 1.29 is 71.7 Å². The molecule has 1 aliphatic rings. The maximum atomic E-state index is 15.1. The van der Waals surface area contributed by atoms with Crippen LogP contribution >= 0.6 is 33.2 Å². The first-order valence-electron chi connectivity index (χ1n) is 29.0. The van der Waals surface area contributed by atoms with Gasteiger partial charge in [-0.15, -0.1) is 0 Å². The van der Waals surface area contributed by atoms with Gasteiger partial charge in [0.05, 0.1) is 11.0 Å². The number of primary amides is 2. The summed E-state index contributed by atoms with van der Waals surface area (Å²) in [6.45, 7) is 1.68. The lowest BCUT2D eigenvalue weighted by atomic mass is 10.00. The zero-order valence-corrected chi connectivity index (χ0v) is 53.3. The monoisotopic (exact) mass is 1340 g/mol. The highest BCUT2D eigenvalue weighted by Gasteiger charge is 2.37. The first-order valence-corrected chi connectivity index (χ1v) is 33.6. The Morgan fingerprint density at radius 3 is 1.68 bits per heavy atom. The second kappa shape index (κ2) is 35.2. The maximum absolute atomic E-state index is 15.1. The van der Waals surface area contributed by atoms with Crippen LogP contribution in [0.5, 0.6) is 11.5 Å². The van der Waals surface area contributed by atoms with E-state index in [1.807, 2.05) is 0 Å². The number of phenols is 2. The number of amides is 10. The summed E-state index contributed by atoms with van der Waals surface area (Å²) < 4.78 is 26.8. The highest BCUT2D eigenvalue weighted by Crippen LogP contribution is 2.25. The second-order valence-electron chi connectivity index (χ2n) is 21.7. The highest BCUT2D eigenvalue weighted by molar-refractivity contribution is 8.76. The van der Waals surface area contributed by atoms with Crippen molar-refractivity contribution in [3.05, 3.63) is 160 Å². The van der Waals surface area contributed by atoms with Gasteiger partial charge < -0.3 is 74.6 Å². The van der Waals surface area contributed by atoms with E-state index in [2.05, 4.69) is 47.9 Å². The molecule has 0 aromatic heterocycles. The number of phenolic OH excluding ortho intramolecular Hbond substituents is 2. The molecule has 0 bridgehead atoms. The third-order valence-electron chi connectivity index (χ3n) is 14.5. The number of nitrogens with two attached hydrogens (primary N) is 2. The van der Waals surface area contributed by atoms with E-state index < -0.39 is 141 Å². The van der Waals surface area contributed by atoms with E-state index in [0.29, 0.717) is 46.7 Å². The zero-order valence-electron chi connectivity index (χ0n) is 50.1. The fourth-order valence-corrected chi connectivity index (χ4v) is 13.0. The van der Waals surface area contributed by atoms with Crippen molar-refractivity contribution in [2.45, 2.75) is 111 Å². The number of hydrogen-bond acceptors (Lipinski definition) is 18. The molecule has 9 atom stereocenters. The number of unbranched alkanes of at least 4 members (excludes halogenated alkanes) is 1. The second-order valence-corrected chi connectivity index (χ2v) is 26.7. The van der Waals surface area contributed by atoms with E-state index in [1.165, 1.54) is 116 Å². The van der Waals surface area contributed by atoms with Crippen molar-refractivity contribution in [2.75, 3.05) is 30.9 Å². The van der Waals surface area contributed by atoms with Gasteiger partial charge in [-0.2, -0.15) is 0 Å². The first-order chi connectivity index (χ1) is 43.8. The van der Waals surface area contributed by atoms with Gasteiger partial charge in [0.1, 0.15) is 65.6 Å². The van der Waals surface area contributed by atoms with Crippen LogP contribution in [0.25, 0.3) is 0 Å². The Morgan fingerprint density at radius 2 is 1.13 bits per heavy atom. The van der Waals surface area contributed by atoms with Crippen LogP contribution in [-0.2, 0) is 78.7 Å². The Balaban J connectivity index is 1.44. The molecule has 0 saturated carbocycles. The van der Waals surface area contributed by atoms with Crippen molar-refractivity contribution in [3.63, 3.8) is 0 Å². The molecule has 16 N–H and O–H groups in total. The van der Waals surface area contributed by atoms with E-state index in [0.717, 1.165) is 21.6 Å². The number of hydrogen-bond donors (Lipinski definition) is 14. The number of aliphatic hydroxyl groups is 1. The van der Waals surface area contributed by atoms with Crippen LogP contribution in [0.2, 0.25) is 5.02 Å². The summed E-state index contributed by atoms with van der Waals surface area (Å²) in [5.41, 5.74) is 13.0. The predicted molar refractivity (Wildman–Crippen MR) is 345 cm³/mol. The topological polar surface area (TPSA) is 426 Å². The molecule has 92 heavy (non-hydrogen) atoms. The number of sulfone groups is 1. The average Bonchev–Trinajstić information content (AvgIpc) is 3.73. The van der Waals surface area contributed by atoms with Crippen LogP contribution < -0.4 is 59.3 Å². The van der Waals surface area contributed by atoms with E-state index >= 15 is 9.59 Å². The molecule has 1 aliphatic heterocycles. The molecule has 1 fully saturated rings. The SMILES string of the molecule is CNCCCC[C@@H]1NC(=O)[C@@H](Cc2ccc(C(N)=O)cc2)NC(=O)[C@H](Cc2ccc(O)cc2)NC(=O)[C@H](NC(=O)[C@H](Cc2ccc(Cl)cc2)NC(=O)CS(=O)(=O)c2ccccc2)CSSC[C@@H](C(=O)N[C@H](Cc2ccc(O)cc2)C(N)=O)NC(=O)[C@H]([C@@H](C)O)NC1=O. The van der Waals surface area contributed by atoms with Crippen LogP contribution in [0.4, 0.5) is 0 Å². The Morgan fingerprint density at radius 1 is 0.620 bits per heavy atom. The smallest absolute Gasteiger partial charge is 0.248 e. The van der Waals surface area contributed by atoms with Gasteiger partial charge >= 0.3 is 0 Å². The standard InChI is InChI=1S/C62H74ClN11O15S3/c1-35(75)53-62(87)73-51(60(85)69-46(55(65)80)28-38-15-23-42(76)24-16-38)33-91-90-32-50(72-57(82)47(29-37-13-21-41(63)22-14-37)67-52(78)34-92(88,89)44-8-4-3-5-9-44)61(86)71-49(31-39-17-25-43(77)26-18-39)59(84)70-48(30-36-11-19-40(20-12-36)54(64)79)58(83)68-45(56(81)74-53)10-6-7-27-66-2/h3-5,8-9,11-26,35,45-51,53,66,75-77H,6-7,10,27-34H2,1-2H3,(H2,64,79)(H2,65,80)(H,67,78)(H,68,83)(H,69,85)(H,70,84)(H,71,86)(H,72,82)(H,73,87)(H,74,81)/t35-,45+,46-,47+,48-,49+,50-,51+,53+/m1/s1. The summed E-state index contributed by atoms with van der Waals surface area (Å²) in [5, 5.41) is 55.3. The highest BCUT2D eigenvalue weighted by atomic mass is 35.5. The molecule has 5 aromatic carbocycles.